The summed E-state index contributed by atoms with van der Waals surface area (Å²) in [6, 6.07) is 25.5. The maximum Gasteiger partial charge on any atom is 0.252 e. The second-order valence-electron chi connectivity index (χ2n) is 8.20. The maximum absolute atomic E-state index is 13.3. The molecule has 190 valence electrons. The fourth-order valence-electron chi connectivity index (χ4n) is 3.85. The van der Waals surface area contributed by atoms with Crippen molar-refractivity contribution in [2.75, 3.05) is 0 Å². The van der Waals surface area contributed by atoms with E-state index >= 15 is 0 Å². The van der Waals surface area contributed by atoms with Crippen LogP contribution in [0.4, 0.5) is 0 Å². The fraction of sp³-hybridized carbons (Fsp3) is 0.111. The third-order valence-electron chi connectivity index (χ3n) is 5.68. The molecule has 0 unspecified atom stereocenters. The Kier molecular flexibility index (Phi) is 8.40. The molecule has 2 amide bonds. The van der Waals surface area contributed by atoms with Gasteiger partial charge in [0.1, 0.15) is 10.3 Å². The third kappa shape index (κ3) is 6.64. The summed E-state index contributed by atoms with van der Waals surface area (Å²) in [5, 5.41) is 2.75. The standard InChI is InChI=1S/C27H24ClN3O4S2/c28-24-14-15-25(36-24)37(34,35)30-17-19-10-4-5-11-20(19)21-12-6-7-13-22(21)27(33)31-23(26(29)32)16-18-8-2-1-3-9-18/h1-15,23,30H,16-17H2,(H2,29,32)(H,31,33)/t23-/m0/s1. The van der Waals surface area contributed by atoms with Crippen LogP contribution in [0.2, 0.25) is 4.34 Å². The van der Waals surface area contributed by atoms with Crippen LogP contribution in [0.3, 0.4) is 0 Å². The lowest BCUT2D eigenvalue weighted by Crippen LogP contribution is -2.46. The quantitative estimate of drug-likeness (QED) is 0.270. The summed E-state index contributed by atoms with van der Waals surface area (Å²) in [5.74, 6) is -1.10. The molecule has 10 heteroatoms. The van der Waals surface area contributed by atoms with Crippen LogP contribution in [0.1, 0.15) is 21.5 Å². The number of thiophene rings is 1. The zero-order valence-electron chi connectivity index (χ0n) is 19.6. The third-order valence-corrected chi connectivity index (χ3v) is 8.80. The van der Waals surface area contributed by atoms with Gasteiger partial charge in [-0.05, 0) is 40.5 Å². The van der Waals surface area contributed by atoms with E-state index in [1.165, 1.54) is 12.1 Å². The molecule has 1 aromatic heterocycles. The van der Waals surface area contributed by atoms with Gasteiger partial charge in [0.05, 0.1) is 4.34 Å². The molecule has 0 saturated heterocycles. The molecule has 7 nitrogen and oxygen atoms in total. The first-order valence-electron chi connectivity index (χ1n) is 11.3. The predicted molar refractivity (Wildman–Crippen MR) is 146 cm³/mol. The maximum atomic E-state index is 13.3. The molecule has 4 N–H and O–H groups in total. The molecule has 0 aliphatic heterocycles. The van der Waals surface area contributed by atoms with Gasteiger partial charge in [-0.1, -0.05) is 84.4 Å². The fourth-order valence-corrected chi connectivity index (χ4v) is 6.38. The number of amides is 2. The number of sulfonamides is 1. The van der Waals surface area contributed by atoms with Gasteiger partial charge in [0.2, 0.25) is 15.9 Å². The summed E-state index contributed by atoms with van der Waals surface area (Å²) in [6.45, 7) is 0.00188. The van der Waals surface area contributed by atoms with E-state index in [0.717, 1.165) is 16.9 Å². The number of primary amides is 1. The monoisotopic (exact) mass is 553 g/mol. The van der Waals surface area contributed by atoms with E-state index < -0.39 is 27.9 Å². The Morgan fingerprint density at radius 1 is 0.865 bits per heavy atom. The zero-order valence-corrected chi connectivity index (χ0v) is 21.9. The number of halogens is 1. The van der Waals surface area contributed by atoms with Gasteiger partial charge in [-0.15, -0.1) is 11.3 Å². The predicted octanol–water partition coefficient (Wildman–Crippen LogP) is 4.37. The molecule has 1 atom stereocenters. The Labute approximate surface area is 224 Å². The number of carbonyl (C=O) groups is 2. The number of hydrogen-bond donors (Lipinski definition) is 3. The highest BCUT2D eigenvalue weighted by Gasteiger charge is 2.23. The van der Waals surface area contributed by atoms with Crippen LogP contribution in [-0.4, -0.2) is 26.3 Å². The van der Waals surface area contributed by atoms with Crippen LogP contribution >= 0.6 is 22.9 Å². The van der Waals surface area contributed by atoms with Crippen molar-refractivity contribution in [3.8, 4) is 11.1 Å². The van der Waals surface area contributed by atoms with Gasteiger partial charge in [0.15, 0.2) is 0 Å². The van der Waals surface area contributed by atoms with Crippen LogP contribution in [0.25, 0.3) is 11.1 Å². The Morgan fingerprint density at radius 3 is 2.19 bits per heavy atom. The van der Waals surface area contributed by atoms with E-state index in [0.29, 0.717) is 26.6 Å². The highest BCUT2D eigenvalue weighted by Crippen LogP contribution is 2.29. The van der Waals surface area contributed by atoms with Gasteiger partial charge in [-0.2, -0.15) is 0 Å². The molecule has 0 fully saturated rings. The molecule has 0 aliphatic rings. The van der Waals surface area contributed by atoms with Gasteiger partial charge >= 0.3 is 0 Å². The van der Waals surface area contributed by atoms with Crippen molar-refractivity contribution in [3.63, 3.8) is 0 Å². The lowest BCUT2D eigenvalue weighted by molar-refractivity contribution is -0.119. The largest absolute Gasteiger partial charge is 0.368 e. The van der Waals surface area contributed by atoms with Gasteiger partial charge in [-0.3, -0.25) is 9.59 Å². The second-order valence-corrected chi connectivity index (χ2v) is 11.9. The smallest absolute Gasteiger partial charge is 0.252 e. The van der Waals surface area contributed by atoms with E-state index in [9.17, 15) is 18.0 Å². The summed E-state index contributed by atoms with van der Waals surface area (Å²) >= 11 is 6.87. The minimum absolute atomic E-state index is 0.00188. The molecule has 3 aromatic carbocycles. The molecule has 1 heterocycles. The van der Waals surface area contributed by atoms with Crippen molar-refractivity contribution in [1.29, 1.82) is 0 Å². The second kappa shape index (κ2) is 11.7. The summed E-state index contributed by atoms with van der Waals surface area (Å²) < 4.78 is 28.5. The average Bonchev–Trinajstić information content (AvgIpc) is 3.35. The number of hydrogen-bond acceptors (Lipinski definition) is 5. The van der Waals surface area contributed by atoms with Crippen LogP contribution in [-0.2, 0) is 27.8 Å². The summed E-state index contributed by atoms with van der Waals surface area (Å²) in [5.41, 5.74) is 8.73. The van der Waals surface area contributed by atoms with E-state index in [1.807, 2.05) is 42.5 Å². The molecule has 0 saturated carbocycles. The summed E-state index contributed by atoms with van der Waals surface area (Å²) in [4.78, 5) is 25.4. The van der Waals surface area contributed by atoms with Crippen molar-refractivity contribution in [2.45, 2.75) is 23.2 Å². The van der Waals surface area contributed by atoms with Crippen molar-refractivity contribution in [3.05, 3.63) is 112 Å². The van der Waals surface area contributed by atoms with Crippen molar-refractivity contribution in [2.24, 2.45) is 5.73 Å². The average molecular weight is 554 g/mol. The Hall–Kier alpha value is -3.50. The lowest BCUT2D eigenvalue weighted by atomic mass is 9.94. The molecular formula is C27H24ClN3O4S2. The molecule has 4 aromatic rings. The number of nitrogens with one attached hydrogen (secondary N) is 2. The molecule has 0 spiro atoms. The van der Waals surface area contributed by atoms with Gasteiger partial charge < -0.3 is 11.1 Å². The van der Waals surface area contributed by atoms with Crippen LogP contribution in [0, 0.1) is 0 Å². The minimum Gasteiger partial charge on any atom is -0.368 e. The summed E-state index contributed by atoms with van der Waals surface area (Å²) in [7, 11) is -3.76. The number of carbonyl (C=O) groups excluding carboxylic acids is 2. The van der Waals surface area contributed by atoms with Crippen LogP contribution in [0.15, 0.2) is 95.2 Å². The van der Waals surface area contributed by atoms with Gasteiger partial charge in [0.25, 0.3) is 5.91 Å². The molecule has 37 heavy (non-hydrogen) atoms. The Bertz CT molecular complexity index is 1520. The molecule has 4 rings (SSSR count). The van der Waals surface area contributed by atoms with Crippen molar-refractivity contribution >= 4 is 44.8 Å². The van der Waals surface area contributed by atoms with Crippen LogP contribution in [0.5, 0.6) is 0 Å². The van der Waals surface area contributed by atoms with E-state index in [-0.39, 0.29) is 17.2 Å². The highest BCUT2D eigenvalue weighted by molar-refractivity contribution is 7.91. The van der Waals surface area contributed by atoms with E-state index in [4.69, 9.17) is 17.3 Å². The first-order chi connectivity index (χ1) is 17.7. The van der Waals surface area contributed by atoms with Crippen molar-refractivity contribution in [1.82, 2.24) is 10.0 Å². The normalized spacial score (nSPS) is 12.1. The van der Waals surface area contributed by atoms with Crippen molar-refractivity contribution < 1.29 is 18.0 Å². The van der Waals surface area contributed by atoms with Gasteiger partial charge in [-0.25, -0.2) is 13.1 Å². The topological polar surface area (TPSA) is 118 Å². The van der Waals surface area contributed by atoms with Gasteiger partial charge in [0, 0.05) is 18.5 Å². The number of benzene rings is 3. The van der Waals surface area contributed by atoms with Crippen LogP contribution < -0.4 is 15.8 Å². The first kappa shape index (κ1) is 26.6. The number of nitrogens with two attached hydrogens (primary N) is 1. The molecule has 0 radical (unpaired) electrons. The number of rotatable bonds is 10. The Balaban J connectivity index is 1.59. The summed E-state index contributed by atoms with van der Waals surface area (Å²) in [6.07, 6.45) is 0.259. The van der Waals surface area contributed by atoms with E-state index in [1.54, 1.807) is 36.4 Å². The van der Waals surface area contributed by atoms with E-state index in [2.05, 4.69) is 10.0 Å². The SMILES string of the molecule is NC(=O)[C@H](Cc1ccccc1)NC(=O)c1ccccc1-c1ccccc1CNS(=O)(=O)c1ccc(Cl)s1. The Morgan fingerprint density at radius 2 is 1.51 bits per heavy atom. The highest BCUT2D eigenvalue weighted by atomic mass is 35.5. The lowest BCUT2D eigenvalue weighted by Gasteiger charge is -2.18. The first-order valence-corrected chi connectivity index (χ1v) is 14.0. The molecular weight excluding hydrogens is 530 g/mol. The molecule has 0 bridgehead atoms. The zero-order chi connectivity index (χ0) is 26.4. The minimum atomic E-state index is -3.76. The molecule has 0 aliphatic carbocycles.